The third-order valence-electron chi connectivity index (χ3n) is 5.31. The van der Waals surface area contributed by atoms with Crippen LogP contribution in [0.1, 0.15) is 24.0 Å². The number of hydrogen-bond acceptors (Lipinski definition) is 3. The van der Waals surface area contributed by atoms with Gasteiger partial charge >= 0.3 is 0 Å². The maximum atomic E-state index is 13.6. The molecule has 174 valence electrons. The van der Waals surface area contributed by atoms with E-state index in [2.05, 4.69) is 5.32 Å². The fraction of sp³-hybridized carbons (Fsp3) is 0.280. The first kappa shape index (κ1) is 24.4. The normalized spacial score (nSPS) is 18.9. The molecule has 4 nitrogen and oxygen atoms in total. The Bertz CT molecular complexity index is 1050. The van der Waals surface area contributed by atoms with Crippen LogP contribution in [0.3, 0.4) is 0 Å². The molecule has 1 aliphatic carbocycles. The molecule has 1 N–H and O–H groups in total. The number of halogens is 4. The van der Waals surface area contributed by atoms with E-state index in [0.29, 0.717) is 13.1 Å². The topological polar surface area (TPSA) is 49.4 Å². The van der Waals surface area contributed by atoms with Crippen molar-refractivity contribution in [2.24, 2.45) is 5.92 Å². The smallest absolute Gasteiger partial charge is 0.223 e. The first-order valence-corrected chi connectivity index (χ1v) is 10.4. The van der Waals surface area contributed by atoms with Gasteiger partial charge in [-0.3, -0.25) is 9.59 Å². The minimum Gasteiger partial charge on any atom is -0.355 e. The zero-order chi connectivity index (χ0) is 24.1. The average Bonchev–Trinajstić information content (AvgIpc) is 2.75. The summed E-state index contributed by atoms with van der Waals surface area (Å²) in [6.07, 6.45) is 3.06. The van der Waals surface area contributed by atoms with Crippen LogP contribution in [0.2, 0.25) is 0 Å². The predicted molar refractivity (Wildman–Crippen MR) is 118 cm³/mol. The van der Waals surface area contributed by atoms with Crippen LogP contribution in [0.4, 0.5) is 17.6 Å². The van der Waals surface area contributed by atoms with Gasteiger partial charge in [0.2, 0.25) is 5.91 Å². The highest BCUT2D eigenvalue weighted by Gasteiger charge is 2.32. The summed E-state index contributed by atoms with van der Waals surface area (Å²) < 4.78 is 53.8. The van der Waals surface area contributed by atoms with E-state index in [0.717, 1.165) is 24.3 Å². The van der Waals surface area contributed by atoms with Crippen LogP contribution in [0, 0.1) is 29.2 Å². The standard InChI is InChI=1S/C25H24F4N2O2/c1-31(2)8-7-30-25(33)19-13-17(9-15-3-5-20(26)22(28)11-15)24(32)18(14-19)10-16-4-6-21(27)23(29)12-16/h3-6,9-12,19H,7-8,13-14H2,1-2H3,(H,30,33)/b17-9+,18-10+. The van der Waals surface area contributed by atoms with E-state index in [-0.39, 0.29) is 46.8 Å². The molecule has 1 aliphatic rings. The number of amides is 1. The van der Waals surface area contributed by atoms with Crippen molar-refractivity contribution < 1.29 is 27.2 Å². The molecule has 0 atom stereocenters. The second-order valence-corrected chi connectivity index (χ2v) is 8.21. The van der Waals surface area contributed by atoms with Crippen molar-refractivity contribution in [3.8, 4) is 0 Å². The van der Waals surface area contributed by atoms with Crippen LogP contribution in [0.15, 0.2) is 47.5 Å². The second kappa shape index (κ2) is 10.6. The van der Waals surface area contributed by atoms with Gasteiger partial charge in [-0.15, -0.1) is 0 Å². The van der Waals surface area contributed by atoms with Gasteiger partial charge in [-0.2, -0.15) is 0 Å². The van der Waals surface area contributed by atoms with E-state index in [9.17, 15) is 27.2 Å². The molecule has 0 bridgehead atoms. The maximum Gasteiger partial charge on any atom is 0.223 e. The van der Waals surface area contributed by atoms with Gasteiger partial charge in [0.15, 0.2) is 29.1 Å². The number of ketones is 1. The zero-order valence-corrected chi connectivity index (χ0v) is 18.3. The van der Waals surface area contributed by atoms with Crippen molar-refractivity contribution in [3.05, 3.63) is 81.9 Å². The van der Waals surface area contributed by atoms with Gasteiger partial charge in [-0.05, 0) is 74.5 Å². The van der Waals surface area contributed by atoms with Crippen molar-refractivity contribution in [1.29, 1.82) is 0 Å². The molecule has 8 heteroatoms. The van der Waals surface area contributed by atoms with E-state index in [1.807, 2.05) is 19.0 Å². The van der Waals surface area contributed by atoms with E-state index < -0.39 is 29.2 Å². The SMILES string of the molecule is CN(C)CCNC(=O)C1C/C(=C\c2ccc(F)c(F)c2)C(=O)/C(=C/c2ccc(F)c(F)c2)C1. The molecule has 0 saturated heterocycles. The monoisotopic (exact) mass is 460 g/mol. The molecule has 2 aromatic carbocycles. The lowest BCUT2D eigenvalue weighted by Gasteiger charge is -2.25. The summed E-state index contributed by atoms with van der Waals surface area (Å²) in [7, 11) is 3.74. The van der Waals surface area contributed by atoms with E-state index in [1.165, 1.54) is 24.3 Å². The van der Waals surface area contributed by atoms with Gasteiger partial charge in [0, 0.05) is 30.2 Å². The fourth-order valence-corrected chi connectivity index (χ4v) is 3.58. The molecule has 33 heavy (non-hydrogen) atoms. The number of benzene rings is 2. The second-order valence-electron chi connectivity index (χ2n) is 8.21. The fourth-order valence-electron chi connectivity index (χ4n) is 3.58. The van der Waals surface area contributed by atoms with Crippen molar-refractivity contribution in [1.82, 2.24) is 10.2 Å². The van der Waals surface area contributed by atoms with Gasteiger partial charge < -0.3 is 10.2 Å². The summed E-state index contributed by atoms with van der Waals surface area (Å²) in [5.74, 6) is -5.35. The Kier molecular flexibility index (Phi) is 7.81. The quantitative estimate of drug-likeness (QED) is 0.515. The summed E-state index contributed by atoms with van der Waals surface area (Å²) in [6, 6.07) is 6.51. The predicted octanol–water partition coefficient (Wildman–Crippen LogP) is 4.37. The Morgan fingerprint density at radius 3 is 1.82 bits per heavy atom. The van der Waals surface area contributed by atoms with Crippen molar-refractivity contribution >= 4 is 23.8 Å². The summed E-state index contributed by atoms with van der Waals surface area (Å²) >= 11 is 0. The van der Waals surface area contributed by atoms with Gasteiger partial charge in [0.05, 0.1) is 0 Å². The van der Waals surface area contributed by atoms with Crippen molar-refractivity contribution in [2.45, 2.75) is 12.8 Å². The molecule has 3 rings (SSSR count). The molecule has 0 aliphatic heterocycles. The van der Waals surface area contributed by atoms with Crippen molar-refractivity contribution in [2.75, 3.05) is 27.2 Å². The first-order chi connectivity index (χ1) is 15.6. The Labute approximate surface area is 189 Å². The molecule has 0 unspecified atom stereocenters. The summed E-state index contributed by atoms with van der Waals surface area (Å²) in [6.45, 7) is 1.05. The summed E-state index contributed by atoms with van der Waals surface area (Å²) in [5.41, 5.74) is 1.04. The number of carbonyl (C=O) groups excluding carboxylic acids is 2. The van der Waals surface area contributed by atoms with E-state index in [1.54, 1.807) is 0 Å². The molecule has 0 aromatic heterocycles. The average molecular weight is 460 g/mol. The van der Waals surface area contributed by atoms with Gasteiger partial charge in [0.1, 0.15) is 0 Å². The number of nitrogens with zero attached hydrogens (tertiary/aromatic N) is 1. The summed E-state index contributed by atoms with van der Waals surface area (Å²) in [4.78, 5) is 27.8. The molecular weight excluding hydrogens is 436 g/mol. The Hall–Kier alpha value is -3.26. The Morgan fingerprint density at radius 2 is 1.39 bits per heavy atom. The highest BCUT2D eigenvalue weighted by Crippen LogP contribution is 2.33. The molecule has 0 radical (unpaired) electrons. The van der Waals surface area contributed by atoms with Gasteiger partial charge in [-0.1, -0.05) is 12.1 Å². The number of nitrogens with one attached hydrogen (secondary N) is 1. The van der Waals surface area contributed by atoms with E-state index >= 15 is 0 Å². The number of allylic oxidation sites excluding steroid dienone is 2. The zero-order valence-electron chi connectivity index (χ0n) is 18.3. The molecule has 1 fully saturated rings. The highest BCUT2D eigenvalue weighted by molar-refractivity contribution is 6.15. The Morgan fingerprint density at radius 1 is 0.909 bits per heavy atom. The van der Waals surface area contributed by atoms with Crippen LogP contribution >= 0.6 is 0 Å². The highest BCUT2D eigenvalue weighted by atomic mass is 19.2. The lowest BCUT2D eigenvalue weighted by atomic mass is 9.79. The third-order valence-corrected chi connectivity index (χ3v) is 5.31. The molecule has 1 amide bonds. The minimum absolute atomic E-state index is 0.112. The molecular formula is C25H24F4N2O2. The number of Topliss-reactive ketones (excluding diaryl/α,β-unsaturated/α-hetero) is 1. The van der Waals surface area contributed by atoms with Gasteiger partial charge in [0.25, 0.3) is 0 Å². The van der Waals surface area contributed by atoms with Crippen LogP contribution < -0.4 is 5.32 Å². The number of hydrogen-bond donors (Lipinski definition) is 1. The lowest BCUT2D eigenvalue weighted by molar-refractivity contribution is -0.125. The number of carbonyl (C=O) groups is 2. The first-order valence-electron chi connectivity index (χ1n) is 10.4. The molecule has 1 saturated carbocycles. The van der Waals surface area contributed by atoms with Crippen LogP contribution in [-0.2, 0) is 9.59 Å². The Balaban J connectivity index is 1.94. The summed E-state index contributed by atoms with van der Waals surface area (Å²) in [5, 5.41) is 2.84. The number of likely N-dealkylation sites (N-methyl/N-ethyl adjacent to an activating group) is 1. The van der Waals surface area contributed by atoms with Crippen molar-refractivity contribution in [3.63, 3.8) is 0 Å². The minimum atomic E-state index is -1.05. The largest absolute Gasteiger partial charge is 0.355 e. The molecule has 0 spiro atoms. The van der Waals surface area contributed by atoms with Crippen LogP contribution in [-0.4, -0.2) is 43.8 Å². The van der Waals surface area contributed by atoms with E-state index in [4.69, 9.17) is 0 Å². The molecule has 2 aromatic rings. The molecule has 0 heterocycles. The van der Waals surface area contributed by atoms with Crippen LogP contribution in [0.25, 0.3) is 12.2 Å². The van der Waals surface area contributed by atoms with Gasteiger partial charge in [-0.25, -0.2) is 17.6 Å². The lowest BCUT2D eigenvalue weighted by Crippen LogP contribution is -2.38. The number of rotatable bonds is 6. The maximum absolute atomic E-state index is 13.6. The van der Waals surface area contributed by atoms with Crippen LogP contribution in [0.5, 0.6) is 0 Å². The third kappa shape index (κ3) is 6.38.